The van der Waals surface area contributed by atoms with E-state index in [9.17, 15) is 4.79 Å². The number of hydrogen-bond acceptors (Lipinski definition) is 4. The summed E-state index contributed by atoms with van der Waals surface area (Å²) in [5.41, 5.74) is 6.05. The van der Waals surface area contributed by atoms with Gasteiger partial charge >= 0.3 is 6.09 Å². The van der Waals surface area contributed by atoms with Gasteiger partial charge in [-0.2, -0.15) is 0 Å². The number of benzene rings is 1. The maximum Gasteiger partial charge on any atom is 0.404 e. The molecule has 2 aliphatic rings. The monoisotopic (exact) mass is 371 g/mol. The lowest BCUT2D eigenvalue weighted by Gasteiger charge is -2.39. The highest BCUT2D eigenvalue weighted by atomic mass is 35.5. The maximum atomic E-state index is 10.7. The first-order valence-corrected chi connectivity index (χ1v) is 9.16. The van der Waals surface area contributed by atoms with Gasteiger partial charge < -0.3 is 15.4 Å². The Morgan fingerprint density at radius 3 is 2.58 bits per heavy atom. The summed E-state index contributed by atoms with van der Waals surface area (Å²) < 4.78 is 4.99. The van der Waals surface area contributed by atoms with E-state index in [1.165, 1.54) is 0 Å². The summed E-state index contributed by atoms with van der Waals surface area (Å²) in [7, 11) is 0. The van der Waals surface area contributed by atoms with Crippen LogP contribution in [-0.2, 0) is 4.74 Å². The van der Waals surface area contributed by atoms with E-state index in [1.54, 1.807) is 0 Å². The molecule has 1 saturated heterocycles. The van der Waals surface area contributed by atoms with Crippen molar-refractivity contribution in [3.8, 4) is 0 Å². The summed E-state index contributed by atoms with van der Waals surface area (Å²) in [6, 6.07) is 5.78. The van der Waals surface area contributed by atoms with Crippen molar-refractivity contribution < 1.29 is 9.53 Å². The highest BCUT2D eigenvalue weighted by Gasteiger charge is 2.32. The van der Waals surface area contributed by atoms with Gasteiger partial charge in [0, 0.05) is 26.2 Å². The van der Waals surface area contributed by atoms with Crippen LogP contribution in [0, 0.1) is 5.92 Å². The molecule has 2 N–H and O–H groups in total. The van der Waals surface area contributed by atoms with Crippen molar-refractivity contribution in [1.82, 2.24) is 4.90 Å². The maximum absolute atomic E-state index is 10.7. The van der Waals surface area contributed by atoms with Gasteiger partial charge in [0.05, 0.1) is 15.7 Å². The topological polar surface area (TPSA) is 58.8 Å². The molecular formula is C17H23Cl2N3O2. The zero-order valence-electron chi connectivity index (χ0n) is 13.6. The number of rotatable bonds is 5. The molecule has 0 aromatic heterocycles. The SMILES string of the molecule is NC(=O)OC1CC(CCN2CCN(c3cccc(Cl)c3Cl)CC2)C1. The highest BCUT2D eigenvalue weighted by molar-refractivity contribution is 6.43. The van der Waals surface area contributed by atoms with E-state index >= 15 is 0 Å². The second kappa shape index (κ2) is 7.81. The van der Waals surface area contributed by atoms with Crippen molar-refractivity contribution in [2.24, 2.45) is 11.7 Å². The van der Waals surface area contributed by atoms with Crippen molar-refractivity contribution in [3.63, 3.8) is 0 Å². The molecule has 0 bridgehead atoms. The van der Waals surface area contributed by atoms with Crippen molar-refractivity contribution in [2.75, 3.05) is 37.6 Å². The lowest BCUT2D eigenvalue weighted by molar-refractivity contribution is 0.0160. The van der Waals surface area contributed by atoms with Crippen LogP contribution in [0.25, 0.3) is 0 Å². The predicted octanol–water partition coefficient (Wildman–Crippen LogP) is 3.38. The van der Waals surface area contributed by atoms with Crippen LogP contribution in [0.3, 0.4) is 0 Å². The summed E-state index contributed by atoms with van der Waals surface area (Å²) in [5.74, 6) is 0.648. The minimum atomic E-state index is -0.658. The fourth-order valence-electron chi connectivity index (χ4n) is 3.48. The molecule has 5 nitrogen and oxygen atoms in total. The zero-order chi connectivity index (χ0) is 17.1. The van der Waals surface area contributed by atoms with Gasteiger partial charge in [0.1, 0.15) is 6.10 Å². The number of halogens is 2. The summed E-state index contributed by atoms with van der Waals surface area (Å²) in [6.45, 7) is 5.05. The summed E-state index contributed by atoms with van der Waals surface area (Å²) in [5, 5.41) is 1.25. The molecule has 1 saturated carbocycles. The molecule has 3 rings (SSSR count). The minimum Gasteiger partial charge on any atom is -0.446 e. The standard InChI is InChI=1S/C17H23Cl2N3O2/c18-14-2-1-3-15(16(14)19)22-8-6-21(7-9-22)5-4-12-10-13(11-12)24-17(20)23/h1-3,12-13H,4-11H2,(H2,20,23). The molecule has 132 valence electrons. The number of primary amides is 1. The van der Waals surface area contributed by atoms with Crippen LogP contribution in [0.2, 0.25) is 10.0 Å². The van der Waals surface area contributed by atoms with E-state index in [0.717, 1.165) is 57.7 Å². The Kier molecular flexibility index (Phi) is 5.74. The van der Waals surface area contributed by atoms with E-state index < -0.39 is 6.09 Å². The van der Waals surface area contributed by atoms with E-state index in [4.69, 9.17) is 33.7 Å². The van der Waals surface area contributed by atoms with Crippen LogP contribution in [0.1, 0.15) is 19.3 Å². The number of ether oxygens (including phenoxy) is 1. The van der Waals surface area contributed by atoms with Crippen LogP contribution in [0.4, 0.5) is 10.5 Å². The molecule has 0 radical (unpaired) electrons. The van der Waals surface area contributed by atoms with E-state index in [1.807, 2.05) is 18.2 Å². The number of anilines is 1. The quantitative estimate of drug-likeness (QED) is 0.861. The average molecular weight is 372 g/mol. The van der Waals surface area contributed by atoms with Crippen LogP contribution in [-0.4, -0.2) is 49.8 Å². The van der Waals surface area contributed by atoms with Gasteiger partial charge in [-0.3, -0.25) is 4.90 Å². The molecule has 24 heavy (non-hydrogen) atoms. The molecule has 0 unspecified atom stereocenters. The third-order valence-electron chi connectivity index (χ3n) is 4.97. The second-order valence-electron chi connectivity index (χ2n) is 6.59. The average Bonchev–Trinajstić information content (AvgIpc) is 2.52. The van der Waals surface area contributed by atoms with Crippen molar-refractivity contribution in [1.29, 1.82) is 0 Å². The molecule has 0 atom stereocenters. The van der Waals surface area contributed by atoms with Crippen LogP contribution in [0.15, 0.2) is 18.2 Å². The number of carbonyl (C=O) groups excluding carboxylic acids is 1. The third-order valence-corrected chi connectivity index (χ3v) is 5.78. The first-order valence-electron chi connectivity index (χ1n) is 8.40. The first-order chi connectivity index (χ1) is 11.5. The van der Waals surface area contributed by atoms with Crippen LogP contribution in [0.5, 0.6) is 0 Å². The molecule has 0 spiro atoms. The van der Waals surface area contributed by atoms with Gasteiger partial charge in [-0.05, 0) is 43.9 Å². The smallest absolute Gasteiger partial charge is 0.404 e. The second-order valence-corrected chi connectivity index (χ2v) is 7.37. The van der Waals surface area contributed by atoms with Crippen molar-refractivity contribution in [3.05, 3.63) is 28.2 Å². The number of nitrogens with zero attached hydrogens (tertiary/aromatic N) is 2. The molecule has 7 heteroatoms. The van der Waals surface area contributed by atoms with Gasteiger partial charge in [-0.1, -0.05) is 29.3 Å². The van der Waals surface area contributed by atoms with Crippen LogP contribution < -0.4 is 10.6 Å². The Morgan fingerprint density at radius 2 is 1.92 bits per heavy atom. The molecule has 1 aliphatic carbocycles. The number of carbonyl (C=O) groups is 1. The first kappa shape index (κ1) is 17.6. The summed E-state index contributed by atoms with van der Waals surface area (Å²) >= 11 is 12.4. The Hall–Kier alpha value is -1.17. The lowest BCUT2D eigenvalue weighted by Crippen LogP contribution is -2.47. The normalized spacial score (nSPS) is 24.5. The summed E-state index contributed by atoms with van der Waals surface area (Å²) in [4.78, 5) is 15.5. The molecule has 1 aliphatic heterocycles. The van der Waals surface area contributed by atoms with Gasteiger partial charge in [0.15, 0.2) is 0 Å². The molecule has 1 aromatic carbocycles. The van der Waals surface area contributed by atoms with E-state index in [0.29, 0.717) is 16.0 Å². The Bertz CT molecular complexity index is 585. The van der Waals surface area contributed by atoms with Gasteiger partial charge in [0.2, 0.25) is 0 Å². The fraction of sp³-hybridized carbons (Fsp3) is 0.588. The van der Waals surface area contributed by atoms with E-state index in [2.05, 4.69) is 9.80 Å². The predicted molar refractivity (Wildman–Crippen MR) is 96.9 cm³/mol. The lowest BCUT2D eigenvalue weighted by atomic mass is 9.80. The molecular weight excluding hydrogens is 349 g/mol. The van der Waals surface area contributed by atoms with E-state index in [-0.39, 0.29) is 6.10 Å². The Morgan fingerprint density at radius 1 is 1.21 bits per heavy atom. The van der Waals surface area contributed by atoms with Gasteiger partial charge in [-0.15, -0.1) is 0 Å². The largest absolute Gasteiger partial charge is 0.446 e. The Balaban J connectivity index is 1.39. The minimum absolute atomic E-state index is 0.0364. The molecule has 1 heterocycles. The molecule has 1 aromatic rings. The fourth-order valence-corrected chi connectivity index (χ4v) is 3.90. The zero-order valence-corrected chi connectivity index (χ0v) is 15.1. The summed E-state index contributed by atoms with van der Waals surface area (Å²) in [6.07, 6.45) is 2.42. The number of piperazine rings is 1. The van der Waals surface area contributed by atoms with Gasteiger partial charge in [0.25, 0.3) is 0 Å². The Labute approximate surface area is 152 Å². The third kappa shape index (κ3) is 4.26. The number of hydrogen-bond donors (Lipinski definition) is 1. The van der Waals surface area contributed by atoms with Crippen molar-refractivity contribution in [2.45, 2.75) is 25.4 Å². The molecule has 1 amide bonds. The molecule has 2 fully saturated rings. The number of nitrogens with two attached hydrogens (primary N) is 1. The van der Waals surface area contributed by atoms with Crippen LogP contribution >= 0.6 is 23.2 Å². The van der Waals surface area contributed by atoms with Crippen molar-refractivity contribution >= 4 is 35.0 Å². The van der Waals surface area contributed by atoms with Gasteiger partial charge in [-0.25, -0.2) is 4.79 Å². The highest BCUT2D eigenvalue weighted by Crippen LogP contribution is 2.34. The number of amides is 1.